The fourth-order valence-corrected chi connectivity index (χ4v) is 1.85. The molecule has 0 saturated heterocycles. The van der Waals surface area contributed by atoms with Crippen molar-refractivity contribution in [2.24, 2.45) is 5.28 Å². The van der Waals surface area contributed by atoms with Gasteiger partial charge < -0.3 is 25.1 Å². The Morgan fingerprint density at radius 2 is 1.65 bits per heavy atom. The van der Waals surface area contributed by atoms with E-state index in [0.717, 1.165) is 5.01 Å². The van der Waals surface area contributed by atoms with E-state index in [0.29, 0.717) is 0 Å². The molecular formula is C14H10N3O6-. The first-order chi connectivity index (χ1) is 11.1. The lowest BCUT2D eigenvalue weighted by Gasteiger charge is -2.18. The van der Waals surface area contributed by atoms with E-state index in [1.54, 1.807) is 0 Å². The van der Waals surface area contributed by atoms with Crippen LogP contribution in [0.2, 0.25) is 0 Å². The van der Waals surface area contributed by atoms with Gasteiger partial charge in [-0.15, -0.1) is 0 Å². The van der Waals surface area contributed by atoms with Crippen molar-refractivity contribution in [3.05, 3.63) is 59.3 Å². The summed E-state index contributed by atoms with van der Waals surface area (Å²) in [7, 11) is 0. The first-order valence-electron chi connectivity index (χ1n) is 6.21. The highest BCUT2D eigenvalue weighted by Gasteiger charge is 2.19. The molecule has 2 aromatic rings. The summed E-state index contributed by atoms with van der Waals surface area (Å²) in [5.41, 5.74) is 0.464. The van der Waals surface area contributed by atoms with E-state index >= 15 is 0 Å². The van der Waals surface area contributed by atoms with Crippen LogP contribution >= 0.6 is 0 Å². The average molecular weight is 316 g/mol. The normalized spacial score (nSPS) is 10.9. The van der Waals surface area contributed by atoms with Gasteiger partial charge in [-0.1, -0.05) is 17.1 Å². The van der Waals surface area contributed by atoms with Crippen molar-refractivity contribution in [3.63, 3.8) is 0 Å². The summed E-state index contributed by atoms with van der Waals surface area (Å²) in [5.74, 6) is -1.10. The molecule has 0 fully saturated rings. The maximum atomic E-state index is 11.8. The molecule has 0 amide bonds. The Bertz CT molecular complexity index is 727. The SMILES string of the molecule is O=COc1ccc(N(c2ccc(C(=O)[O-])cc2)/[N+]([O-])=N/O)cc1. The molecule has 9 nitrogen and oxygen atoms in total. The minimum absolute atomic E-state index is 0.0678. The first kappa shape index (κ1) is 15.8. The van der Waals surface area contributed by atoms with Gasteiger partial charge in [0.2, 0.25) is 5.28 Å². The van der Waals surface area contributed by atoms with E-state index in [2.05, 4.69) is 10.0 Å². The van der Waals surface area contributed by atoms with Crippen molar-refractivity contribution in [2.45, 2.75) is 0 Å². The Hall–Kier alpha value is -3.62. The Labute approximate surface area is 129 Å². The molecule has 0 aromatic heterocycles. The molecule has 0 spiro atoms. The van der Waals surface area contributed by atoms with Crippen LogP contribution in [-0.2, 0) is 4.79 Å². The van der Waals surface area contributed by atoms with Gasteiger partial charge in [-0.2, -0.15) is 0 Å². The van der Waals surface area contributed by atoms with Crippen molar-refractivity contribution in [3.8, 4) is 5.75 Å². The number of anilines is 2. The van der Waals surface area contributed by atoms with Crippen LogP contribution in [0.5, 0.6) is 5.75 Å². The van der Waals surface area contributed by atoms with E-state index in [-0.39, 0.29) is 34.1 Å². The zero-order valence-corrected chi connectivity index (χ0v) is 11.5. The van der Waals surface area contributed by atoms with E-state index in [9.17, 15) is 19.9 Å². The van der Waals surface area contributed by atoms with Gasteiger partial charge in [0.1, 0.15) is 17.1 Å². The van der Waals surface area contributed by atoms with Gasteiger partial charge in [-0.05, 0) is 42.0 Å². The quantitative estimate of drug-likeness (QED) is 0.364. The number of benzene rings is 2. The Kier molecular flexibility index (Phi) is 4.72. The molecule has 2 rings (SSSR count). The second kappa shape index (κ2) is 6.89. The first-order valence-corrected chi connectivity index (χ1v) is 6.21. The van der Waals surface area contributed by atoms with Gasteiger partial charge in [0.25, 0.3) is 6.47 Å². The number of aromatic carboxylic acids is 1. The van der Waals surface area contributed by atoms with Crippen LogP contribution in [0.1, 0.15) is 10.4 Å². The summed E-state index contributed by atoms with van der Waals surface area (Å²) in [5, 5.41) is 34.7. The van der Waals surface area contributed by atoms with Crippen LogP contribution in [0.4, 0.5) is 11.4 Å². The van der Waals surface area contributed by atoms with Crippen LogP contribution < -0.4 is 14.9 Å². The van der Waals surface area contributed by atoms with Gasteiger partial charge in [0.15, 0.2) is 0 Å². The monoisotopic (exact) mass is 316 g/mol. The Morgan fingerprint density at radius 1 is 1.13 bits per heavy atom. The molecule has 118 valence electrons. The predicted molar refractivity (Wildman–Crippen MR) is 73.9 cm³/mol. The van der Waals surface area contributed by atoms with Gasteiger partial charge in [0.05, 0.1) is 10.9 Å². The molecule has 9 heteroatoms. The minimum atomic E-state index is -1.36. The maximum Gasteiger partial charge on any atom is 0.298 e. The second-order valence-electron chi connectivity index (χ2n) is 4.20. The molecule has 0 bridgehead atoms. The summed E-state index contributed by atoms with van der Waals surface area (Å²) in [6, 6.07) is 10.9. The van der Waals surface area contributed by atoms with Crippen molar-refractivity contribution in [1.29, 1.82) is 0 Å². The highest BCUT2D eigenvalue weighted by atomic mass is 16.6. The predicted octanol–water partition coefficient (Wildman–Crippen LogP) is 0.990. The third-order valence-corrected chi connectivity index (χ3v) is 2.86. The third-order valence-electron chi connectivity index (χ3n) is 2.86. The van der Waals surface area contributed by atoms with E-state index in [4.69, 9.17) is 5.21 Å². The Morgan fingerprint density at radius 3 is 2.09 bits per heavy atom. The molecule has 0 atom stereocenters. The topological polar surface area (TPSA) is 128 Å². The highest BCUT2D eigenvalue weighted by molar-refractivity contribution is 5.86. The van der Waals surface area contributed by atoms with Crippen molar-refractivity contribution in [1.82, 2.24) is 0 Å². The largest absolute Gasteiger partial charge is 0.568 e. The van der Waals surface area contributed by atoms with Gasteiger partial charge in [-0.25, -0.2) is 0 Å². The van der Waals surface area contributed by atoms with Gasteiger partial charge in [0, 0.05) is 0 Å². The molecule has 2 aromatic carbocycles. The number of carboxylic acids is 1. The molecule has 0 heterocycles. The molecule has 0 saturated carbocycles. The standard InChI is InChI=1S/C14H11N3O6/c18-9-23-13-7-5-12(6-8-13)16(17(22)15-21)11-3-1-10(2-4-11)14(19)20/h1-9,21H,(H,19,20)/p-1/b17-15-. The number of rotatable bonds is 6. The fraction of sp³-hybridized carbons (Fsp3) is 0. The minimum Gasteiger partial charge on any atom is -0.568 e. The maximum absolute atomic E-state index is 11.8. The number of nitrogens with zero attached hydrogens (tertiary/aromatic N) is 3. The molecule has 1 N–H and O–H groups in total. The lowest BCUT2D eigenvalue weighted by Crippen LogP contribution is -2.26. The van der Waals surface area contributed by atoms with Crippen molar-refractivity contribution in [2.75, 3.05) is 5.01 Å². The highest BCUT2D eigenvalue weighted by Crippen LogP contribution is 2.27. The molecule has 23 heavy (non-hydrogen) atoms. The molecule has 0 radical (unpaired) electrons. The number of hydrazine groups is 1. The smallest absolute Gasteiger partial charge is 0.298 e. The number of ether oxygens (including phenoxy) is 1. The van der Waals surface area contributed by atoms with Crippen molar-refractivity contribution >= 4 is 23.8 Å². The number of carbonyl (C=O) groups is 2. The zero-order chi connectivity index (χ0) is 16.8. The lowest BCUT2D eigenvalue weighted by atomic mass is 10.2. The van der Waals surface area contributed by atoms with Gasteiger partial charge in [-0.3, -0.25) is 4.79 Å². The molecule has 0 aliphatic heterocycles. The molecular weight excluding hydrogens is 306 g/mol. The molecule has 0 aliphatic rings. The number of carboxylic acid groups (broad SMARTS) is 1. The third kappa shape index (κ3) is 3.53. The van der Waals surface area contributed by atoms with Gasteiger partial charge >= 0.3 is 0 Å². The second-order valence-corrected chi connectivity index (χ2v) is 4.20. The number of hydrogen-bond acceptors (Lipinski definition) is 6. The fourth-order valence-electron chi connectivity index (χ4n) is 1.85. The van der Waals surface area contributed by atoms with Crippen LogP contribution in [-0.4, -0.2) is 22.6 Å². The van der Waals surface area contributed by atoms with E-state index < -0.39 is 5.97 Å². The summed E-state index contributed by atoms with van der Waals surface area (Å²) in [6.07, 6.45) is 0. The van der Waals surface area contributed by atoms with Crippen LogP contribution in [0.25, 0.3) is 0 Å². The summed E-state index contributed by atoms with van der Waals surface area (Å²) in [4.78, 5) is 20.9. The van der Waals surface area contributed by atoms with Crippen LogP contribution in [0, 0.1) is 5.21 Å². The molecule has 0 aliphatic carbocycles. The Balaban J connectivity index is 2.40. The lowest BCUT2D eigenvalue weighted by molar-refractivity contribution is -0.558. The zero-order valence-electron chi connectivity index (χ0n) is 11.5. The average Bonchev–Trinajstić information content (AvgIpc) is 2.57. The van der Waals surface area contributed by atoms with Crippen LogP contribution in [0.3, 0.4) is 0 Å². The molecule has 0 unspecified atom stereocenters. The summed E-state index contributed by atoms with van der Waals surface area (Å²) >= 11 is 0. The summed E-state index contributed by atoms with van der Waals surface area (Å²) < 4.78 is 4.64. The number of hydrogen-bond donors (Lipinski definition) is 1. The van der Waals surface area contributed by atoms with E-state index in [1.807, 2.05) is 0 Å². The van der Waals surface area contributed by atoms with E-state index in [1.165, 1.54) is 48.5 Å². The van der Waals surface area contributed by atoms with Crippen molar-refractivity contribution < 1.29 is 29.6 Å². The van der Waals surface area contributed by atoms with Crippen LogP contribution in [0.15, 0.2) is 53.8 Å². The number of carbonyl (C=O) groups excluding carboxylic acids is 2. The summed E-state index contributed by atoms with van der Waals surface area (Å²) in [6.45, 7) is 0.258.